The molecule has 0 saturated heterocycles. The number of hydrogen-bond acceptors (Lipinski definition) is 3. The second-order valence-electron chi connectivity index (χ2n) is 5.01. The van der Waals surface area contributed by atoms with Crippen LogP contribution in [0.3, 0.4) is 0 Å². The Morgan fingerprint density at radius 3 is 2.74 bits per heavy atom. The van der Waals surface area contributed by atoms with Crippen LogP contribution in [0.4, 0.5) is 0 Å². The summed E-state index contributed by atoms with van der Waals surface area (Å²) in [5, 5.41) is 11.9. The van der Waals surface area contributed by atoms with Crippen LogP contribution in [0.2, 0.25) is 0 Å². The number of carbonyl (C=O) groups excluding carboxylic acids is 1. The van der Waals surface area contributed by atoms with Crippen molar-refractivity contribution in [3.8, 4) is 0 Å². The van der Waals surface area contributed by atoms with Crippen molar-refractivity contribution in [3.05, 3.63) is 29.6 Å². The number of nitrogens with one attached hydrogen (secondary N) is 1. The summed E-state index contributed by atoms with van der Waals surface area (Å²) in [5.41, 5.74) is 1.85. The largest absolute Gasteiger partial charge is 0.481 e. The fraction of sp³-hybridized carbons (Fsp3) is 0.500. The Hall–Kier alpha value is -1.91. The maximum Gasteiger partial charge on any atom is 0.307 e. The van der Waals surface area contributed by atoms with Gasteiger partial charge >= 0.3 is 5.97 Å². The third kappa shape index (κ3) is 3.30. The van der Waals surface area contributed by atoms with Gasteiger partial charge in [-0.25, -0.2) is 0 Å². The van der Waals surface area contributed by atoms with Crippen LogP contribution in [0, 0.1) is 18.8 Å². The SMILES string of the molecule is Cc1ccc(CNC(=O)C2CCCC2C(=O)O)cn1. The molecular weight excluding hydrogens is 244 g/mol. The molecule has 2 N–H and O–H groups in total. The molecule has 1 fully saturated rings. The minimum atomic E-state index is -0.866. The molecule has 0 radical (unpaired) electrons. The summed E-state index contributed by atoms with van der Waals surface area (Å²) in [4.78, 5) is 27.2. The molecule has 2 unspecified atom stereocenters. The first-order valence-corrected chi connectivity index (χ1v) is 6.50. The summed E-state index contributed by atoms with van der Waals surface area (Å²) in [6, 6.07) is 3.79. The Morgan fingerprint density at radius 1 is 1.37 bits per heavy atom. The number of rotatable bonds is 4. The molecule has 1 aromatic heterocycles. The fourth-order valence-electron chi connectivity index (χ4n) is 2.49. The zero-order valence-electron chi connectivity index (χ0n) is 10.9. The number of nitrogens with zero attached hydrogens (tertiary/aromatic N) is 1. The minimum absolute atomic E-state index is 0.162. The number of carboxylic acid groups (broad SMARTS) is 1. The standard InChI is InChI=1S/C14H18N2O3/c1-9-5-6-10(7-15-9)8-16-13(17)11-3-2-4-12(11)14(18)19/h5-7,11-12H,2-4,8H2,1H3,(H,16,17)(H,18,19). The highest BCUT2D eigenvalue weighted by Crippen LogP contribution is 2.32. The van der Waals surface area contributed by atoms with Crippen molar-refractivity contribution in [2.24, 2.45) is 11.8 Å². The molecule has 1 saturated carbocycles. The first-order valence-electron chi connectivity index (χ1n) is 6.50. The summed E-state index contributed by atoms with van der Waals surface area (Å²) < 4.78 is 0. The molecule has 1 heterocycles. The molecule has 2 rings (SSSR count). The third-order valence-corrected chi connectivity index (χ3v) is 3.61. The van der Waals surface area contributed by atoms with Gasteiger partial charge in [0.2, 0.25) is 5.91 Å². The van der Waals surface area contributed by atoms with Crippen molar-refractivity contribution in [3.63, 3.8) is 0 Å². The van der Waals surface area contributed by atoms with Gasteiger partial charge in [0, 0.05) is 18.4 Å². The van der Waals surface area contributed by atoms with E-state index in [1.807, 2.05) is 19.1 Å². The number of aryl methyl sites for hydroxylation is 1. The van der Waals surface area contributed by atoms with Crippen LogP contribution in [-0.2, 0) is 16.1 Å². The number of aromatic nitrogens is 1. The molecule has 0 spiro atoms. The van der Waals surface area contributed by atoms with E-state index in [0.29, 0.717) is 19.4 Å². The number of carboxylic acids is 1. The second kappa shape index (κ2) is 5.82. The number of amides is 1. The topological polar surface area (TPSA) is 79.3 Å². The zero-order chi connectivity index (χ0) is 13.8. The predicted octanol–water partition coefficient (Wildman–Crippen LogP) is 1.51. The molecule has 0 bridgehead atoms. The van der Waals surface area contributed by atoms with Crippen molar-refractivity contribution in [2.45, 2.75) is 32.7 Å². The van der Waals surface area contributed by atoms with E-state index in [1.54, 1.807) is 6.20 Å². The molecule has 1 aliphatic rings. The number of hydrogen-bond donors (Lipinski definition) is 2. The number of aliphatic carboxylic acids is 1. The van der Waals surface area contributed by atoms with Crippen LogP contribution in [0.15, 0.2) is 18.3 Å². The normalized spacial score (nSPS) is 22.2. The Balaban J connectivity index is 1.90. The van der Waals surface area contributed by atoms with Crippen LogP contribution in [-0.4, -0.2) is 22.0 Å². The van der Waals surface area contributed by atoms with Gasteiger partial charge in [0.15, 0.2) is 0 Å². The van der Waals surface area contributed by atoms with Gasteiger partial charge in [-0.15, -0.1) is 0 Å². The summed E-state index contributed by atoms with van der Waals surface area (Å²) >= 11 is 0. The first kappa shape index (κ1) is 13.5. The first-order chi connectivity index (χ1) is 9.08. The molecule has 1 amide bonds. The van der Waals surface area contributed by atoms with Gasteiger partial charge in [-0.2, -0.15) is 0 Å². The van der Waals surface area contributed by atoms with Crippen LogP contribution in [0.5, 0.6) is 0 Å². The van der Waals surface area contributed by atoms with E-state index in [2.05, 4.69) is 10.3 Å². The van der Waals surface area contributed by atoms with Crippen molar-refractivity contribution < 1.29 is 14.7 Å². The molecule has 19 heavy (non-hydrogen) atoms. The monoisotopic (exact) mass is 262 g/mol. The lowest BCUT2D eigenvalue weighted by atomic mass is 9.95. The molecule has 2 atom stereocenters. The molecule has 5 nitrogen and oxygen atoms in total. The van der Waals surface area contributed by atoms with Gasteiger partial charge in [-0.1, -0.05) is 12.5 Å². The van der Waals surface area contributed by atoms with Gasteiger partial charge in [0.25, 0.3) is 0 Å². The van der Waals surface area contributed by atoms with E-state index in [4.69, 9.17) is 5.11 Å². The molecule has 102 valence electrons. The molecular formula is C14H18N2O3. The lowest BCUT2D eigenvalue weighted by molar-refractivity contribution is -0.146. The fourth-order valence-corrected chi connectivity index (χ4v) is 2.49. The van der Waals surface area contributed by atoms with Crippen molar-refractivity contribution in [1.29, 1.82) is 0 Å². The van der Waals surface area contributed by atoms with Crippen molar-refractivity contribution >= 4 is 11.9 Å². The highest BCUT2D eigenvalue weighted by molar-refractivity contribution is 5.85. The highest BCUT2D eigenvalue weighted by Gasteiger charge is 2.37. The van der Waals surface area contributed by atoms with E-state index in [1.165, 1.54) is 0 Å². The van der Waals surface area contributed by atoms with E-state index >= 15 is 0 Å². The van der Waals surface area contributed by atoms with E-state index in [0.717, 1.165) is 17.7 Å². The molecule has 1 aromatic rings. The molecule has 5 heteroatoms. The van der Waals surface area contributed by atoms with Gasteiger partial charge in [-0.05, 0) is 31.4 Å². The maximum absolute atomic E-state index is 12.0. The number of pyridine rings is 1. The van der Waals surface area contributed by atoms with Gasteiger partial charge in [0.05, 0.1) is 11.8 Å². The summed E-state index contributed by atoms with van der Waals surface area (Å²) in [6.45, 7) is 2.30. The maximum atomic E-state index is 12.0. The van der Waals surface area contributed by atoms with E-state index in [9.17, 15) is 9.59 Å². The Kier molecular flexibility index (Phi) is 4.14. The summed E-state index contributed by atoms with van der Waals surface area (Å²) in [6.07, 6.45) is 3.79. The molecule has 1 aliphatic carbocycles. The van der Waals surface area contributed by atoms with Crippen LogP contribution in [0.25, 0.3) is 0 Å². The highest BCUT2D eigenvalue weighted by atomic mass is 16.4. The van der Waals surface area contributed by atoms with Crippen molar-refractivity contribution in [1.82, 2.24) is 10.3 Å². The average Bonchev–Trinajstić information content (AvgIpc) is 2.87. The second-order valence-corrected chi connectivity index (χ2v) is 5.01. The lowest BCUT2D eigenvalue weighted by Crippen LogP contribution is -2.34. The van der Waals surface area contributed by atoms with Crippen LogP contribution in [0.1, 0.15) is 30.5 Å². The van der Waals surface area contributed by atoms with Crippen LogP contribution < -0.4 is 5.32 Å². The average molecular weight is 262 g/mol. The smallest absolute Gasteiger partial charge is 0.307 e. The Labute approximate surface area is 112 Å². The van der Waals surface area contributed by atoms with Gasteiger partial charge < -0.3 is 10.4 Å². The van der Waals surface area contributed by atoms with Crippen molar-refractivity contribution in [2.75, 3.05) is 0 Å². The van der Waals surface area contributed by atoms with Gasteiger partial charge in [-0.3, -0.25) is 14.6 Å². The quantitative estimate of drug-likeness (QED) is 0.862. The molecule has 0 aliphatic heterocycles. The van der Waals surface area contributed by atoms with E-state index in [-0.39, 0.29) is 5.91 Å². The number of carbonyl (C=O) groups is 2. The zero-order valence-corrected chi connectivity index (χ0v) is 10.9. The minimum Gasteiger partial charge on any atom is -0.481 e. The Morgan fingerprint density at radius 2 is 2.11 bits per heavy atom. The summed E-state index contributed by atoms with van der Waals surface area (Å²) in [7, 11) is 0. The van der Waals surface area contributed by atoms with Gasteiger partial charge in [0.1, 0.15) is 0 Å². The van der Waals surface area contributed by atoms with Crippen LogP contribution >= 0.6 is 0 Å². The van der Waals surface area contributed by atoms with E-state index < -0.39 is 17.8 Å². The lowest BCUT2D eigenvalue weighted by Gasteiger charge is -2.15. The third-order valence-electron chi connectivity index (χ3n) is 3.61. The predicted molar refractivity (Wildman–Crippen MR) is 69.3 cm³/mol. The molecule has 0 aromatic carbocycles. The Bertz CT molecular complexity index is 470. The summed E-state index contributed by atoms with van der Waals surface area (Å²) in [5.74, 6) is -1.95.